The molecule has 0 aliphatic carbocycles. The van der Waals surface area contributed by atoms with Gasteiger partial charge in [0.1, 0.15) is 12.4 Å². The number of aromatic nitrogens is 6. The fourth-order valence-electron chi connectivity index (χ4n) is 3.12. The van der Waals surface area contributed by atoms with Crippen LogP contribution in [0.4, 0.5) is 0 Å². The third-order valence-corrected chi connectivity index (χ3v) is 4.69. The molecule has 0 fully saturated rings. The zero-order valence-corrected chi connectivity index (χ0v) is 16.4. The van der Waals surface area contributed by atoms with Crippen molar-refractivity contribution >= 4 is 0 Å². The summed E-state index contributed by atoms with van der Waals surface area (Å²) in [6.45, 7) is 6.19. The van der Waals surface area contributed by atoms with Gasteiger partial charge in [0.2, 0.25) is 0 Å². The lowest BCUT2D eigenvalue weighted by Crippen LogP contribution is -2.18. The minimum absolute atomic E-state index is 0.294. The summed E-state index contributed by atoms with van der Waals surface area (Å²) in [6.07, 6.45) is 1.75. The van der Waals surface area contributed by atoms with Gasteiger partial charge in [-0.15, -0.1) is 0 Å². The number of nitrogens with one attached hydrogen (secondary N) is 1. The first-order valence-corrected chi connectivity index (χ1v) is 9.15. The molecule has 0 spiro atoms. The van der Waals surface area contributed by atoms with Gasteiger partial charge in [-0.3, -0.25) is 0 Å². The van der Waals surface area contributed by atoms with Crippen LogP contribution >= 0.6 is 0 Å². The summed E-state index contributed by atoms with van der Waals surface area (Å²) in [7, 11) is 0. The molecule has 0 amide bonds. The molecule has 2 aromatic carbocycles. The van der Waals surface area contributed by atoms with Crippen molar-refractivity contribution in [3.05, 3.63) is 81.5 Å². The van der Waals surface area contributed by atoms with Crippen LogP contribution in [0.25, 0.3) is 17.1 Å². The fourth-order valence-corrected chi connectivity index (χ4v) is 3.12. The van der Waals surface area contributed by atoms with E-state index >= 15 is 0 Å². The Hall–Kier alpha value is -3.81. The molecule has 0 saturated carbocycles. The predicted octanol–water partition coefficient (Wildman–Crippen LogP) is 2.92. The van der Waals surface area contributed by atoms with E-state index in [0.29, 0.717) is 18.1 Å². The Labute approximate surface area is 167 Å². The Kier molecular flexibility index (Phi) is 4.90. The van der Waals surface area contributed by atoms with Crippen LogP contribution in [0.15, 0.2) is 53.5 Å². The van der Waals surface area contributed by atoms with Crippen molar-refractivity contribution in [1.82, 2.24) is 30.2 Å². The number of hydrogen-bond acceptors (Lipinski definition) is 6. The molecule has 146 valence electrons. The Morgan fingerprint density at radius 3 is 2.66 bits per heavy atom. The van der Waals surface area contributed by atoms with Gasteiger partial charge >= 0.3 is 5.69 Å². The fraction of sp³-hybridized carbons (Fsp3) is 0.190. The second-order valence-electron chi connectivity index (χ2n) is 6.78. The van der Waals surface area contributed by atoms with E-state index in [2.05, 4.69) is 25.5 Å². The molecule has 2 heterocycles. The molecule has 0 aliphatic heterocycles. The van der Waals surface area contributed by atoms with Gasteiger partial charge in [-0.1, -0.05) is 12.1 Å². The van der Waals surface area contributed by atoms with Gasteiger partial charge < -0.3 is 4.74 Å². The molecule has 0 saturated heterocycles. The van der Waals surface area contributed by atoms with E-state index in [4.69, 9.17) is 4.74 Å². The first-order chi connectivity index (χ1) is 14.0. The smallest absolute Gasteiger partial charge is 0.365 e. The predicted molar refractivity (Wildman–Crippen MR) is 108 cm³/mol. The number of aromatic amines is 1. The summed E-state index contributed by atoms with van der Waals surface area (Å²) < 4.78 is 7.32. The second kappa shape index (κ2) is 7.67. The van der Waals surface area contributed by atoms with Crippen molar-refractivity contribution in [2.75, 3.05) is 0 Å². The van der Waals surface area contributed by atoms with Crippen molar-refractivity contribution in [2.24, 2.45) is 0 Å². The standard InChI is InChI=1S/C21H20N6O2/c1-13-5-4-6-18(27-21(28)24-25-26-27)17(13)12-29-19-8-7-16(11-14(19)2)20-22-10-9-15(3)23-20/h4-11H,12H2,1-3H3,(H,24,26,28). The Balaban J connectivity index is 1.60. The maximum absolute atomic E-state index is 11.9. The normalized spacial score (nSPS) is 10.9. The molecule has 0 bridgehead atoms. The number of aryl methyl sites for hydroxylation is 3. The molecule has 8 heteroatoms. The number of H-pyrrole nitrogens is 1. The van der Waals surface area contributed by atoms with E-state index in [1.807, 2.05) is 63.2 Å². The van der Waals surface area contributed by atoms with Gasteiger partial charge in [-0.2, -0.15) is 4.68 Å². The molecule has 1 N–H and O–H groups in total. The molecule has 0 atom stereocenters. The number of hydrogen-bond donors (Lipinski definition) is 1. The third kappa shape index (κ3) is 3.77. The highest BCUT2D eigenvalue weighted by molar-refractivity contribution is 5.58. The van der Waals surface area contributed by atoms with Crippen LogP contribution in [0.5, 0.6) is 5.75 Å². The maximum atomic E-state index is 11.9. The average molecular weight is 388 g/mol. The number of tetrazole rings is 1. The molecule has 4 rings (SSSR count). The quantitative estimate of drug-likeness (QED) is 0.564. The minimum Gasteiger partial charge on any atom is -0.489 e. The highest BCUT2D eigenvalue weighted by Crippen LogP contribution is 2.26. The van der Waals surface area contributed by atoms with Crippen molar-refractivity contribution < 1.29 is 4.74 Å². The maximum Gasteiger partial charge on any atom is 0.365 e. The van der Waals surface area contributed by atoms with Crippen molar-refractivity contribution in [1.29, 1.82) is 0 Å². The SMILES string of the molecule is Cc1ccnc(-c2ccc(OCc3c(C)cccc3-n3nn[nH]c3=O)c(C)c2)n1. The van der Waals surface area contributed by atoms with Gasteiger partial charge in [0, 0.05) is 23.0 Å². The van der Waals surface area contributed by atoms with Crippen LogP contribution in [0, 0.1) is 20.8 Å². The van der Waals surface area contributed by atoms with Crippen LogP contribution in [0.3, 0.4) is 0 Å². The summed E-state index contributed by atoms with van der Waals surface area (Å²) in [5.41, 5.74) is 4.95. The van der Waals surface area contributed by atoms with E-state index < -0.39 is 5.69 Å². The van der Waals surface area contributed by atoms with Gasteiger partial charge in [0.25, 0.3) is 0 Å². The van der Waals surface area contributed by atoms with Crippen molar-refractivity contribution in [2.45, 2.75) is 27.4 Å². The molecule has 8 nitrogen and oxygen atoms in total. The van der Waals surface area contributed by atoms with E-state index in [1.165, 1.54) is 4.68 Å². The molecule has 0 unspecified atom stereocenters. The molecule has 2 aromatic heterocycles. The third-order valence-electron chi connectivity index (χ3n) is 4.69. The zero-order chi connectivity index (χ0) is 20.4. The van der Waals surface area contributed by atoms with Crippen LogP contribution in [-0.2, 0) is 6.61 Å². The molecule has 29 heavy (non-hydrogen) atoms. The highest BCUT2D eigenvalue weighted by Gasteiger charge is 2.13. The molecule has 4 aromatic rings. The van der Waals surface area contributed by atoms with Gasteiger partial charge in [-0.25, -0.2) is 19.9 Å². The van der Waals surface area contributed by atoms with Gasteiger partial charge in [0.05, 0.1) is 5.69 Å². The van der Waals surface area contributed by atoms with Crippen LogP contribution in [-0.4, -0.2) is 30.2 Å². The average Bonchev–Trinajstić information content (AvgIpc) is 3.13. The summed E-state index contributed by atoms with van der Waals surface area (Å²) in [5.74, 6) is 1.44. The van der Waals surface area contributed by atoms with E-state index in [9.17, 15) is 4.79 Å². The molecular formula is C21H20N6O2. The van der Waals surface area contributed by atoms with Crippen LogP contribution in [0.1, 0.15) is 22.4 Å². The second-order valence-corrected chi connectivity index (χ2v) is 6.78. The lowest BCUT2D eigenvalue weighted by molar-refractivity contribution is 0.302. The van der Waals surface area contributed by atoms with Crippen LogP contribution < -0.4 is 10.4 Å². The van der Waals surface area contributed by atoms with Gasteiger partial charge in [0.15, 0.2) is 5.82 Å². The first-order valence-electron chi connectivity index (χ1n) is 9.15. The Morgan fingerprint density at radius 2 is 1.93 bits per heavy atom. The molecular weight excluding hydrogens is 368 g/mol. The number of benzene rings is 2. The zero-order valence-electron chi connectivity index (χ0n) is 16.4. The monoisotopic (exact) mass is 388 g/mol. The lowest BCUT2D eigenvalue weighted by atomic mass is 10.1. The van der Waals surface area contributed by atoms with E-state index in [1.54, 1.807) is 6.20 Å². The lowest BCUT2D eigenvalue weighted by Gasteiger charge is -2.14. The van der Waals surface area contributed by atoms with Crippen molar-refractivity contribution in [3.8, 4) is 22.8 Å². The van der Waals surface area contributed by atoms with Crippen molar-refractivity contribution in [3.63, 3.8) is 0 Å². The Morgan fingerprint density at radius 1 is 1.07 bits per heavy atom. The highest BCUT2D eigenvalue weighted by atomic mass is 16.5. The van der Waals surface area contributed by atoms with Crippen LogP contribution in [0.2, 0.25) is 0 Å². The largest absolute Gasteiger partial charge is 0.489 e. The Bertz CT molecular complexity index is 1230. The van der Waals surface area contributed by atoms with Gasteiger partial charge in [-0.05, 0) is 72.7 Å². The number of rotatable bonds is 5. The van der Waals surface area contributed by atoms with E-state index in [-0.39, 0.29) is 0 Å². The minimum atomic E-state index is -0.393. The van der Waals surface area contributed by atoms with E-state index in [0.717, 1.165) is 33.7 Å². The first kappa shape index (κ1) is 18.5. The molecule has 0 radical (unpaired) electrons. The summed E-state index contributed by atoms with van der Waals surface area (Å²) in [4.78, 5) is 20.7. The molecule has 0 aliphatic rings. The topological polar surface area (TPSA) is 98.6 Å². The summed E-state index contributed by atoms with van der Waals surface area (Å²) in [6, 6.07) is 13.4. The summed E-state index contributed by atoms with van der Waals surface area (Å²) in [5, 5.41) is 9.73. The number of nitrogens with zero attached hydrogens (tertiary/aromatic N) is 5. The summed E-state index contributed by atoms with van der Waals surface area (Å²) >= 11 is 0. The number of ether oxygens (including phenoxy) is 1.